The topological polar surface area (TPSA) is 63.1 Å². The van der Waals surface area contributed by atoms with E-state index in [9.17, 15) is 9.18 Å². The van der Waals surface area contributed by atoms with E-state index in [1.165, 1.54) is 29.5 Å². The van der Waals surface area contributed by atoms with Crippen LogP contribution in [0.2, 0.25) is 0 Å². The molecule has 0 fully saturated rings. The molecule has 1 aromatic heterocycles. The predicted molar refractivity (Wildman–Crippen MR) is 104 cm³/mol. The second kappa shape index (κ2) is 7.40. The van der Waals surface area contributed by atoms with Gasteiger partial charge in [0, 0.05) is 24.5 Å². The monoisotopic (exact) mass is 383 g/mol. The van der Waals surface area contributed by atoms with Gasteiger partial charge in [0.05, 0.1) is 5.75 Å². The minimum atomic E-state index is -0.382. The van der Waals surface area contributed by atoms with Crippen LogP contribution >= 0.6 is 11.8 Å². The van der Waals surface area contributed by atoms with Gasteiger partial charge in [-0.15, -0.1) is 10.2 Å². The SMILES string of the molecule is Cc1ccc(N2CCn3c(SCC(=O)Nc4cccc(F)c4)nnc32)cc1. The summed E-state index contributed by atoms with van der Waals surface area (Å²) in [7, 11) is 0. The molecule has 0 atom stereocenters. The predicted octanol–water partition coefficient (Wildman–Crippen LogP) is 3.61. The number of carbonyl (C=O) groups is 1. The van der Waals surface area contributed by atoms with Crippen LogP contribution < -0.4 is 10.2 Å². The molecule has 138 valence electrons. The highest BCUT2D eigenvalue weighted by molar-refractivity contribution is 7.99. The molecule has 2 heterocycles. The average molecular weight is 383 g/mol. The molecular formula is C19H18FN5OS. The van der Waals surface area contributed by atoms with Gasteiger partial charge in [-0.3, -0.25) is 9.36 Å². The van der Waals surface area contributed by atoms with Gasteiger partial charge in [0.25, 0.3) is 0 Å². The van der Waals surface area contributed by atoms with Gasteiger partial charge in [0.15, 0.2) is 5.16 Å². The average Bonchev–Trinajstić information content (AvgIpc) is 3.23. The van der Waals surface area contributed by atoms with Gasteiger partial charge in [-0.2, -0.15) is 0 Å². The van der Waals surface area contributed by atoms with Crippen LogP contribution in [0, 0.1) is 12.7 Å². The zero-order valence-electron chi connectivity index (χ0n) is 14.7. The quantitative estimate of drug-likeness (QED) is 0.682. The molecule has 0 aliphatic carbocycles. The molecule has 0 radical (unpaired) electrons. The van der Waals surface area contributed by atoms with Crippen LogP contribution in [0.15, 0.2) is 53.7 Å². The molecule has 3 aromatic rings. The highest BCUT2D eigenvalue weighted by Gasteiger charge is 2.26. The second-order valence-electron chi connectivity index (χ2n) is 6.27. The molecular weight excluding hydrogens is 365 g/mol. The normalized spacial score (nSPS) is 12.9. The zero-order valence-corrected chi connectivity index (χ0v) is 15.5. The number of aryl methyl sites for hydroxylation is 1. The van der Waals surface area contributed by atoms with Crippen molar-refractivity contribution in [3.05, 3.63) is 59.9 Å². The molecule has 1 aliphatic heterocycles. The highest BCUT2D eigenvalue weighted by Crippen LogP contribution is 2.32. The molecule has 27 heavy (non-hydrogen) atoms. The third-order valence-corrected chi connectivity index (χ3v) is 5.24. The summed E-state index contributed by atoms with van der Waals surface area (Å²) in [6.45, 7) is 3.64. The maximum Gasteiger partial charge on any atom is 0.234 e. The van der Waals surface area contributed by atoms with Crippen LogP contribution in [0.1, 0.15) is 5.56 Å². The van der Waals surface area contributed by atoms with Gasteiger partial charge in [0.2, 0.25) is 11.9 Å². The van der Waals surface area contributed by atoms with Crippen molar-refractivity contribution in [2.75, 3.05) is 22.5 Å². The Morgan fingerprint density at radius 3 is 2.78 bits per heavy atom. The van der Waals surface area contributed by atoms with Crippen LogP contribution in [0.5, 0.6) is 0 Å². The van der Waals surface area contributed by atoms with Crippen LogP contribution in [0.4, 0.5) is 21.7 Å². The van der Waals surface area contributed by atoms with Gasteiger partial charge < -0.3 is 10.2 Å². The summed E-state index contributed by atoms with van der Waals surface area (Å²) in [6, 6.07) is 14.1. The molecule has 6 nitrogen and oxygen atoms in total. The van der Waals surface area contributed by atoms with E-state index < -0.39 is 0 Å². The Bertz CT molecular complexity index is 972. The number of benzene rings is 2. The molecule has 0 saturated carbocycles. The number of hydrogen-bond acceptors (Lipinski definition) is 5. The summed E-state index contributed by atoms with van der Waals surface area (Å²) in [5, 5.41) is 11.9. The molecule has 0 spiro atoms. The summed E-state index contributed by atoms with van der Waals surface area (Å²) in [4.78, 5) is 14.2. The third kappa shape index (κ3) is 3.80. The molecule has 0 unspecified atom stereocenters. The van der Waals surface area contributed by atoms with Gasteiger partial charge in [-0.1, -0.05) is 35.5 Å². The minimum absolute atomic E-state index is 0.180. The Hall–Kier alpha value is -2.87. The smallest absolute Gasteiger partial charge is 0.234 e. The van der Waals surface area contributed by atoms with Crippen molar-refractivity contribution >= 4 is 35.0 Å². The van der Waals surface area contributed by atoms with E-state index >= 15 is 0 Å². The summed E-state index contributed by atoms with van der Waals surface area (Å²) < 4.78 is 15.2. The van der Waals surface area contributed by atoms with E-state index in [1.807, 2.05) is 4.57 Å². The fraction of sp³-hybridized carbons (Fsp3) is 0.211. The van der Waals surface area contributed by atoms with E-state index in [2.05, 4.69) is 51.6 Å². The number of anilines is 3. The highest BCUT2D eigenvalue weighted by atomic mass is 32.2. The van der Waals surface area contributed by atoms with Gasteiger partial charge in [0.1, 0.15) is 5.82 Å². The second-order valence-corrected chi connectivity index (χ2v) is 7.21. The molecule has 1 aliphatic rings. The van der Waals surface area contributed by atoms with Crippen molar-refractivity contribution in [3.63, 3.8) is 0 Å². The number of rotatable bonds is 5. The lowest BCUT2D eigenvalue weighted by Crippen LogP contribution is -2.15. The Morgan fingerprint density at radius 1 is 1.19 bits per heavy atom. The number of halogens is 1. The molecule has 1 amide bonds. The van der Waals surface area contributed by atoms with Crippen molar-refractivity contribution < 1.29 is 9.18 Å². The van der Waals surface area contributed by atoms with Crippen molar-refractivity contribution in [1.82, 2.24) is 14.8 Å². The van der Waals surface area contributed by atoms with Crippen LogP contribution in [-0.2, 0) is 11.3 Å². The van der Waals surface area contributed by atoms with Crippen molar-refractivity contribution in [2.45, 2.75) is 18.6 Å². The summed E-state index contributed by atoms with van der Waals surface area (Å²) in [5.41, 5.74) is 2.73. The summed E-state index contributed by atoms with van der Waals surface area (Å²) in [6.07, 6.45) is 0. The summed E-state index contributed by atoms with van der Waals surface area (Å²) in [5.74, 6) is 0.370. The maximum atomic E-state index is 13.2. The lowest BCUT2D eigenvalue weighted by Gasteiger charge is -2.15. The number of aromatic nitrogens is 3. The number of fused-ring (bicyclic) bond motifs is 1. The number of carbonyl (C=O) groups excluding carboxylic acids is 1. The van der Waals surface area contributed by atoms with Crippen molar-refractivity contribution in [2.24, 2.45) is 0 Å². The lowest BCUT2D eigenvalue weighted by atomic mass is 10.2. The zero-order chi connectivity index (χ0) is 18.8. The van der Waals surface area contributed by atoms with Gasteiger partial charge in [-0.05, 0) is 37.3 Å². The van der Waals surface area contributed by atoms with Crippen LogP contribution in [0.25, 0.3) is 0 Å². The van der Waals surface area contributed by atoms with E-state index in [4.69, 9.17) is 0 Å². The van der Waals surface area contributed by atoms with Crippen molar-refractivity contribution in [3.8, 4) is 0 Å². The van der Waals surface area contributed by atoms with Crippen LogP contribution in [0.3, 0.4) is 0 Å². The Kier molecular flexibility index (Phi) is 4.81. The van der Waals surface area contributed by atoms with E-state index in [-0.39, 0.29) is 17.5 Å². The largest absolute Gasteiger partial charge is 0.325 e. The molecule has 0 bridgehead atoms. The van der Waals surface area contributed by atoms with E-state index in [1.54, 1.807) is 12.1 Å². The lowest BCUT2D eigenvalue weighted by molar-refractivity contribution is -0.113. The molecule has 2 aromatic carbocycles. The summed E-state index contributed by atoms with van der Waals surface area (Å²) >= 11 is 1.32. The Balaban J connectivity index is 1.41. The van der Waals surface area contributed by atoms with E-state index in [0.717, 1.165) is 24.7 Å². The molecule has 8 heteroatoms. The molecule has 1 N–H and O–H groups in total. The first-order chi connectivity index (χ1) is 13.1. The Morgan fingerprint density at radius 2 is 2.00 bits per heavy atom. The van der Waals surface area contributed by atoms with E-state index in [0.29, 0.717) is 10.8 Å². The first-order valence-corrected chi connectivity index (χ1v) is 9.54. The third-order valence-electron chi connectivity index (χ3n) is 4.27. The van der Waals surface area contributed by atoms with Crippen LogP contribution in [-0.4, -0.2) is 33.0 Å². The molecule has 4 rings (SSSR count). The minimum Gasteiger partial charge on any atom is -0.325 e. The van der Waals surface area contributed by atoms with Gasteiger partial charge in [-0.25, -0.2) is 4.39 Å². The first-order valence-electron chi connectivity index (χ1n) is 8.56. The standard InChI is InChI=1S/C19H18FN5OS/c1-13-5-7-16(8-6-13)24-9-10-25-18(24)22-23-19(25)27-12-17(26)21-15-4-2-3-14(20)11-15/h2-8,11H,9-10,12H2,1H3,(H,21,26). The number of nitrogens with zero attached hydrogens (tertiary/aromatic N) is 4. The maximum absolute atomic E-state index is 13.2. The number of nitrogens with one attached hydrogen (secondary N) is 1. The number of amides is 1. The molecule has 0 saturated heterocycles. The fourth-order valence-corrected chi connectivity index (χ4v) is 3.71. The van der Waals surface area contributed by atoms with Crippen molar-refractivity contribution in [1.29, 1.82) is 0 Å². The fourth-order valence-electron chi connectivity index (χ4n) is 2.95. The Labute approximate surface area is 160 Å². The number of hydrogen-bond donors (Lipinski definition) is 1. The first kappa shape index (κ1) is 17.5. The number of thioether (sulfide) groups is 1. The van der Waals surface area contributed by atoms with Gasteiger partial charge >= 0.3 is 0 Å².